The summed E-state index contributed by atoms with van der Waals surface area (Å²) in [4.78, 5) is 4.83. The van der Waals surface area contributed by atoms with Crippen LogP contribution in [0.3, 0.4) is 0 Å². The van der Waals surface area contributed by atoms with Crippen LogP contribution in [0.1, 0.15) is 23.2 Å². The van der Waals surface area contributed by atoms with Crippen LogP contribution in [-0.2, 0) is 24.1 Å². The first-order valence-corrected chi connectivity index (χ1v) is 7.51. The highest BCUT2D eigenvalue weighted by atomic mass is 16.5. The standard InChI is InChI=1S/C17H22N2O2/c1-20-9-8-18-11-15-13-4-3-5-16(13)19-17-7-6-12(21-2)10-14(15)17/h6-7,10,18H,3-5,8-9,11H2,1-2H3. The van der Waals surface area contributed by atoms with Crippen LogP contribution in [0, 0.1) is 0 Å². The molecule has 21 heavy (non-hydrogen) atoms. The van der Waals surface area contributed by atoms with E-state index in [1.165, 1.54) is 28.6 Å². The van der Waals surface area contributed by atoms with Crippen LogP contribution in [0.2, 0.25) is 0 Å². The molecule has 4 heteroatoms. The van der Waals surface area contributed by atoms with E-state index in [1.54, 1.807) is 14.2 Å². The Morgan fingerprint density at radius 3 is 2.95 bits per heavy atom. The van der Waals surface area contributed by atoms with Gasteiger partial charge in [0.1, 0.15) is 5.75 Å². The number of hydrogen-bond acceptors (Lipinski definition) is 4. The fourth-order valence-corrected chi connectivity index (χ4v) is 3.06. The average Bonchev–Trinajstić information content (AvgIpc) is 2.98. The molecule has 1 N–H and O–H groups in total. The normalized spacial score (nSPS) is 13.6. The molecule has 0 atom stereocenters. The van der Waals surface area contributed by atoms with Gasteiger partial charge in [-0.25, -0.2) is 0 Å². The van der Waals surface area contributed by atoms with Crippen LogP contribution in [0.25, 0.3) is 10.9 Å². The minimum atomic E-state index is 0.731. The van der Waals surface area contributed by atoms with E-state index >= 15 is 0 Å². The summed E-state index contributed by atoms with van der Waals surface area (Å²) in [5.74, 6) is 0.889. The summed E-state index contributed by atoms with van der Waals surface area (Å²) in [6.07, 6.45) is 3.44. The van der Waals surface area contributed by atoms with Gasteiger partial charge in [0.15, 0.2) is 0 Å². The molecule has 112 valence electrons. The number of benzene rings is 1. The van der Waals surface area contributed by atoms with Gasteiger partial charge in [0.25, 0.3) is 0 Å². The first-order valence-electron chi connectivity index (χ1n) is 7.51. The Labute approximate surface area is 125 Å². The monoisotopic (exact) mass is 286 g/mol. The Hall–Kier alpha value is -1.65. The van der Waals surface area contributed by atoms with Gasteiger partial charge in [-0.3, -0.25) is 4.98 Å². The molecule has 0 bridgehead atoms. The molecule has 1 aliphatic rings. The summed E-state index contributed by atoms with van der Waals surface area (Å²) < 4.78 is 10.5. The lowest BCUT2D eigenvalue weighted by atomic mass is 10.0. The Kier molecular flexibility index (Phi) is 4.36. The Balaban J connectivity index is 2.00. The smallest absolute Gasteiger partial charge is 0.119 e. The molecule has 0 saturated carbocycles. The Morgan fingerprint density at radius 2 is 2.14 bits per heavy atom. The summed E-state index contributed by atoms with van der Waals surface area (Å²) in [6, 6.07) is 6.15. The van der Waals surface area contributed by atoms with Gasteiger partial charge in [0.05, 0.1) is 19.2 Å². The van der Waals surface area contributed by atoms with Crippen molar-refractivity contribution in [3.05, 3.63) is 35.0 Å². The van der Waals surface area contributed by atoms with E-state index in [0.29, 0.717) is 0 Å². The molecule has 1 aliphatic carbocycles. The zero-order valence-corrected chi connectivity index (χ0v) is 12.7. The van der Waals surface area contributed by atoms with E-state index in [0.717, 1.165) is 43.8 Å². The zero-order valence-electron chi connectivity index (χ0n) is 12.7. The van der Waals surface area contributed by atoms with Gasteiger partial charge >= 0.3 is 0 Å². The highest BCUT2D eigenvalue weighted by Crippen LogP contribution is 2.31. The number of rotatable bonds is 6. The maximum atomic E-state index is 5.37. The third kappa shape index (κ3) is 2.87. The quantitative estimate of drug-likeness (QED) is 0.829. The molecule has 3 rings (SSSR count). The Morgan fingerprint density at radius 1 is 1.24 bits per heavy atom. The zero-order chi connectivity index (χ0) is 14.7. The maximum absolute atomic E-state index is 5.37. The molecule has 1 aromatic carbocycles. The molecule has 1 aromatic heterocycles. The van der Waals surface area contributed by atoms with Gasteiger partial charge in [0, 0.05) is 31.3 Å². The number of pyridine rings is 1. The number of hydrogen-bond donors (Lipinski definition) is 1. The van der Waals surface area contributed by atoms with Crippen molar-refractivity contribution in [3.63, 3.8) is 0 Å². The predicted molar refractivity (Wildman–Crippen MR) is 83.9 cm³/mol. The largest absolute Gasteiger partial charge is 0.497 e. The van der Waals surface area contributed by atoms with Crippen molar-refractivity contribution in [2.24, 2.45) is 0 Å². The number of ether oxygens (including phenoxy) is 2. The van der Waals surface area contributed by atoms with E-state index in [4.69, 9.17) is 14.5 Å². The van der Waals surface area contributed by atoms with Gasteiger partial charge < -0.3 is 14.8 Å². The minimum Gasteiger partial charge on any atom is -0.497 e. The molecular weight excluding hydrogens is 264 g/mol. The second-order valence-electron chi connectivity index (χ2n) is 5.42. The molecule has 0 fully saturated rings. The van der Waals surface area contributed by atoms with Crippen molar-refractivity contribution in [3.8, 4) is 5.75 Å². The first-order chi connectivity index (χ1) is 10.3. The van der Waals surface area contributed by atoms with Gasteiger partial charge in [-0.15, -0.1) is 0 Å². The minimum absolute atomic E-state index is 0.731. The molecule has 0 radical (unpaired) electrons. The summed E-state index contributed by atoms with van der Waals surface area (Å²) in [7, 11) is 3.44. The van der Waals surface area contributed by atoms with Crippen molar-refractivity contribution in [1.29, 1.82) is 0 Å². The maximum Gasteiger partial charge on any atom is 0.119 e. The second-order valence-corrected chi connectivity index (χ2v) is 5.42. The number of nitrogens with zero attached hydrogens (tertiary/aromatic N) is 1. The van der Waals surface area contributed by atoms with E-state index in [1.807, 2.05) is 6.07 Å². The fourth-order valence-electron chi connectivity index (χ4n) is 3.06. The van der Waals surface area contributed by atoms with Gasteiger partial charge in [-0.05, 0) is 48.6 Å². The highest BCUT2D eigenvalue weighted by molar-refractivity contribution is 5.85. The molecule has 0 spiro atoms. The number of fused-ring (bicyclic) bond motifs is 2. The van der Waals surface area contributed by atoms with E-state index in [9.17, 15) is 0 Å². The molecule has 4 nitrogen and oxygen atoms in total. The van der Waals surface area contributed by atoms with Crippen molar-refractivity contribution >= 4 is 10.9 Å². The number of aryl methyl sites for hydroxylation is 1. The van der Waals surface area contributed by atoms with Crippen LogP contribution in [0.5, 0.6) is 5.75 Å². The number of aromatic nitrogens is 1. The van der Waals surface area contributed by atoms with Crippen LogP contribution in [0.4, 0.5) is 0 Å². The number of nitrogens with one attached hydrogen (secondary N) is 1. The molecule has 0 amide bonds. The van der Waals surface area contributed by atoms with Crippen molar-refractivity contribution in [1.82, 2.24) is 10.3 Å². The van der Waals surface area contributed by atoms with E-state index < -0.39 is 0 Å². The van der Waals surface area contributed by atoms with Crippen LogP contribution in [-0.4, -0.2) is 32.4 Å². The second kappa shape index (κ2) is 6.41. The Bertz CT molecular complexity index is 640. The third-order valence-corrected chi connectivity index (χ3v) is 4.12. The lowest BCUT2D eigenvalue weighted by Crippen LogP contribution is -2.19. The van der Waals surface area contributed by atoms with Crippen LogP contribution < -0.4 is 10.1 Å². The van der Waals surface area contributed by atoms with E-state index in [-0.39, 0.29) is 0 Å². The van der Waals surface area contributed by atoms with Crippen LogP contribution in [0.15, 0.2) is 18.2 Å². The average molecular weight is 286 g/mol. The topological polar surface area (TPSA) is 43.4 Å². The predicted octanol–water partition coefficient (Wildman–Crippen LogP) is 2.47. The van der Waals surface area contributed by atoms with Crippen molar-refractivity contribution < 1.29 is 9.47 Å². The molecule has 0 aliphatic heterocycles. The van der Waals surface area contributed by atoms with Crippen molar-refractivity contribution in [2.75, 3.05) is 27.4 Å². The summed E-state index contributed by atoms with van der Waals surface area (Å²) in [5, 5.41) is 4.68. The van der Waals surface area contributed by atoms with E-state index in [2.05, 4.69) is 17.4 Å². The molecule has 0 unspecified atom stereocenters. The molecule has 2 aromatic rings. The van der Waals surface area contributed by atoms with Gasteiger partial charge in [-0.1, -0.05) is 0 Å². The third-order valence-electron chi connectivity index (χ3n) is 4.12. The first kappa shape index (κ1) is 14.3. The fraction of sp³-hybridized carbons (Fsp3) is 0.471. The lowest BCUT2D eigenvalue weighted by molar-refractivity contribution is 0.199. The molecular formula is C17H22N2O2. The lowest BCUT2D eigenvalue weighted by Gasteiger charge is -2.14. The van der Waals surface area contributed by atoms with Crippen LogP contribution >= 0.6 is 0 Å². The summed E-state index contributed by atoms with van der Waals surface area (Å²) in [6.45, 7) is 2.45. The SMILES string of the molecule is COCCNCc1c2c(nc3ccc(OC)cc13)CCC2. The number of methoxy groups -OCH3 is 2. The summed E-state index contributed by atoms with van der Waals surface area (Å²) in [5.41, 5.74) is 5.15. The van der Waals surface area contributed by atoms with Gasteiger partial charge in [0.2, 0.25) is 0 Å². The van der Waals surface area contributed by atoms with Gasteiger partial charge in [-0.2, -0.15) is 0 Å². The highest BCUT2D eigenvalue weighted by Gasteiger charge is 2.19. The summed E-state index contributed by atoms with van der Waals surface area (Å²) >= 11 is 0. The molecule has 0 saturated heterocycles. The van der Waals surface area contributed by atoms with Crippen molar-refractivity contribution in [2.45, 2.75) is 25.8 Å². The molecule has 1 heterocycles.